The fourth-order valence-corrected chi connectivity index (χ4v) is 0.869. The molecule has 0 atom stereocenters. The Kier molecular flexibility index (Phi) is 3.33. The second kappa shape index (κ2) is 4.35. The van der Waals surface area contributed by atoms with Crippen LogP contribution in [-0.4, -0.2) is 29.7 Å². The van der Waals surface area contributed by atoms with Crippen LogP contribution in [0.4, 0.5) is 13.2 Å². The summed E-state index contributed by atoms with van der Waals surface area (Å²) in [4.78, 5) is 21.3. The first kappa shape index (κ1) is 12.2. The van der Waals surface area contributed by atoms with Crippen LogP contribution in [0, 0.1) is 5.21 Å². The highest BCUT2D eigenvalue weighted by Crippen LogP contribution is 2.18. The SMILES string of the molecule is O=C(OC(=O)C(F)(F)F)C1=CC=CN([O-])C1. The van der Waals surface area contributed by atoms with E-state index in [-0.39, 0.29) is 5.57 Å². The van der Waals surface area contributed by atoms with Crippen LogP contribution in [0.3, 0.4) is 0 Å². The van der Waals surface area contributed by atoms with Gasteiger partial charge in [0.1, 0.15) is 0 Å². The highest BCUT2D eigenvalue weighted by molar-refractivity contribution is 5.98. The zero-order valence-electron chi connectivity index (χ0n) is 7.65. The lowest BCUT2D eigenvalue weighted by atomic mass is 10.2. The summed E-state index contributed by atoms with van der Waals surface area (Å²) in [6, 6.07) is 0. The first-order valence-electron chi connectivity index (χ1n) is 3.95. The molecule has 1 aliphatic rings. The van der Waals surface area contributed by atoms with E-state index in [9.17, 15) is 28.0 Å². The van der Waals surface area contributed by atoms with E-state index < -0.39 is 24.7 Å². The van der Waals surface area contributed by atoms with E-state index in [4.69, 9.17) is 0 Å². The molecule has 88 valence electrons. The number of ether oxygens (including phenoxy) is 1. The summed E-state index contributed by atoms with van der Waals surface area (Å²) < 4.78 is 38.7. The Bertz CT molecular complexity index is 372. The van der Waals surface area contributed by atoms with Crippen molar-refractivity contribution < 1.29 is 27.5 Å². The molecule has 0 N–H and O–H groups in total. The average molecular weight is 236 g/mol. The van der Waals surface area contributed by atoms with Crippen molar-refractivity contribution in [3.05, 3.63) is 29.1 Å². The summed E-state index contributed by atoms with van der Waals surface area (Å²) in [6.07, 6.45) is -1.91. The van der Waals surface area contributed by atoms with Gasteiger partial charge in [-0.15, -0.1) is 0 Å². The molecular weight excluding hydrogens is 231 g/mol. The third-order valence-electron chi connectivity index (χ3n) is 1.55. The van der Waals surface area contributed by atoms with Crippen molar-refractivity contribution in [1.82, 2.24) is 5.06 Å². The van der Waals surface area contributed by atoms with E-state index in [0.717, 1.165) is 18.4 Å². The molecular formula is C8H5F3NO4-. The van der Waals surface area contributed by atoms with Gasteiger partial charge >= 0.3 is 18.1 Å². The van der Waals surface area contributed by atoms with Crippen LogP contribution in [-0.2, 0) is 14.3 Å². The third-order valence-corrected chi connectivity index (χ3v) is 1.55. The minimum absolute atomic E-state index is 0.314. The predicted molar refractivity (Wildman–Crippen MR) is 44.5 cm³/mol. The second-order valence-corrected chi connectivity index (χ2v) is 2.78. The largest absolute Gasteiger partial charge is 0.758 e. The monoisotopic (exact) mass is 236 g/mol. The van der Waals surface area contributed by atoms with Gasteiger partial charge in [0.25, 0.3) is 0 Å². The molecule has 0 unspecified atom stereocenters. The van der Waals surface area contributed by atoms with Gasteiger partial charge < -0.3 is 15.0 Å². The van der Waals surface area contributed by atoms with E-state index in [1.807, 2.05) is 0 Å². The molecule has 1 aliphatic heterocycles. The highest BCUT2D eigenvalue weighted by Gasteiger charge is 2.42. The zero-order chi connectivity index (χ0) is 12.3. The minimum Gasteiger partial charge on any atom is -0.758 e. The third kappa shape index (κ3) is 3.09. The van der Waals surface area contributed by atoms with E-state index >= 15 is 0 Å². The van der Waals surface area contributed by atoms with Gasteiger partial charge in [0.05, 0.1) is 5.57 Å². The van der Waals surface area contributed by atoms with Gasteiger partial charge in [0.15, 0.2) is 0 Å². The smallest absolute Gasteiger partial charge is 0.491 e. The lowest BCUT2D eigenvalue weighted by Crippen LogP contribution is -2.30. The molecule has 0 fully saturated rings. The van der Waals surface area contributed by atoms with Crippen molar-refractivity contribution in [2.75, 3.05) is 6.54 Å². The fourth-order valence-electron chi connectivity index (χ4n) is 0.869. The van der Waals surface area contributed by atoms with Crippen LogP contribution in [0.25, 0.3) is 0 Å². The van der Waals surface area contributed by atoms with Gasteiger partial charge in [-0.2, -0.15) is 13.2 Å². The number of halogens is 3. The Labute approximate surface area is 87.4 Å². The number of nitrogens with zero attached hydrogens (tertiary/aromatic N) is 1. The van der Waals surface area contributed by atoms with Crippen molar-refractivity contribution in [3.8, 4) is 0 Å². The Hall–Kier alpha value is -1.83. The van der Waals surface area contributed by atoms with Crippen molar-refractivity contribution >= 4 is 11.9 Å². The molecule has 0 saturated heterocycles. The lowest BCUT2D eigenvalue weighted by molar-refractivity contribution is -0.200. The predicted octanol–water partition coefficient (Wildman–Crippen LogP) is 0.872. The maximum absolute atomic E-state index is 11.7. The zero-order valence-corrected chi connectivity index (χ0v) is 7.65. The summed E-state index contributed by atoms with van der Waals surface area (Å²) in [5.74, 6) is -4.09. The molecule has 0 aromatic carbocycles. The minimum atomic E-state index is -5.24. The van der Waals surface area contributed by atoms with Gasteiger partial charge in [-0.25, -0.2) is 9.59 Å². The van der Waals surface area contributed by atoms with Gasteiger partial charge in [0.2, 0.25) is 0 Å². The van der Waals surface area contributed by atoms with Crippen LogP contribution in [0.1, 0.15) is 0 Å². The standard InChI is InChI=1S/C8H5F3NO4/c9-8(10,11)7(14)16-6(13)5-2-1-3-12(15)4-5/h1-3H,4H2/q-1. The topological polar surface area (TPSA) is 69.7 Å². The Morgan fingerprint density at radius 1 is 1.44 bits per heavy atom. The molecule has 0 spiro atoms. The number of rotatable bonds is 1. The van der Waals surface area contributed by atoms with Crippen molar-refractivity contribution in [3.63, 3.8) is 0 Å². The number of hydrogen-bond acceptors (Lipinski definition) is 5. The quantitative estimate of drug-likeness (QED) is 0.499. The molecule has 1 heterocycles. The summed E-state index contributed by atoms with van der Waals surface area (Å²) in [6.45, 7) is -0.458. The fraction of sp³-hybridized carbons (Fsp3) is 0.250. The molecule has 0 saturated carbocycles. The Balaban J connectivity index is 2.64. The van der Waals surface area contributed by atoms with Crippen molar-refractivity contribution in [2.24, 2.45) is 0 Å². The first-order chi connectivity index (χ1) is 7.30. The lowest BCUT2D eigenvalue weighted by Gasteiger charge is -2.28. The first-order valence-corrected chi connectivity index (χ1v) is 3.95. The van der Waals surface area contributed by atoms with Crippen molar-refractivity contribution in [1.29, 1.82) is 0 Å². The normalized spacial score (nSPS) is 15.8. The van der Waals surface area contributed by atoms with Gasteiger partial charge in [0, 0.05) is 6.54 Å². The van der Waals surface area contributed by atoms with Crippen LogP contribution in [0.5, 0.6) is 0 Å². The molecule has 0 radical (unpaired) electrons. The number of alkyl halides is 3. The van der Waals surface area contributed by atoms with Crippen LogP contribution in [0.15, 0.2) is 23.9 Å². The van der Waals surface area contributed by atoms with Gasteiger partial charge in [-0.3, -0.25) is 0 Å². The molecule has 0 aromatic heterocycles. The highest BCUT2D eigenvalue weighted by atomic mass is 19.4. The van der Waals surface area contributed by atoms with E-state index in [2.05, 4.69) is 4.74 Å². The van der Waals surface area contributed by atoms with E-state index in [1.54, 1.807) is 0 Å². The molecule has 5 nitrogen and oxygen atoms in total. The average Bonchev–Trinajstić information content (AvgIpc) is 2.16. The summed E-state index contributed by atoms with van der Waals surface area (Å²) in [5, 5.41) is 11.0. The molecule has 0 aliphatic carbocycles. The van der Waals surface area contributed by atoms with E-state index in [1.165, 1.54) is 0 Å². The maximum atomic E-state index is 11.7. The second-order valence-electron chi connectivity index (χ2n) is 2.78. The molecule has 16 heavy (non-hydrogen) atoms. The van der Waals surface area contributed by atoms with Gasteiger partial charge in [-0.1, -0.05) is 0 Å². The molecule has 0 aromatic rings. The molecule has 1 rings (SSSR count). The number of carbonyl (C=O) groups excluding carboxylic acids is 2. The summed E-state index contributed by atoms with van der Waals surface area (Å²) in [5.41, 5.74) is -0.324. The van der Waals surface area contributed by atoms with Gasteiger partial charge in [-0.05, 0) is 18.4 Å². The number of esters is 2. The number of carbonyl (C=O) groups is 2. The molecule has 0 bridgehead atoms. The maximum Gasteiger partial charge on any atom is 0.491 e. The van der Waals surface area contributed by atoms with Crippen LogP contribution in [0.2, 0.25) is 0 Å². The summed E-state index contributed by atoms with van der Waals surface area (Å²) >= 11 is 0. The number of hydroxylamine groups is 2. The molecule has 8 heteroatoms. The number of allylic oxidation sites excluding steroid dienone is 2. The Morgan fingerprint density at radius 3 is 2.56 bits per heavy atom. The van der Waals surface area contributed by atoms with E-state index in [0.29, 0.717) is 5.06 Å². The van der Waals surface area contributed by atoms with Crippen molar-refractivity contribution in [2.45, 2.75) is 6.18 Å². The van der Waals surface area contributed by atoms with Crippen LogP contribution < -0.4 is 0 Å². The summed E-state index contributed by atoms with van der Waals surface area (Å²) in [7, 11) is 0. The number of hydrogen-bond donors (Lipinski definition) is 0. The Morgan fingerprint density at radius 2 is 2.06 bits per heavy atom. The van der Waals surface area contributed by atoms with Crippen LogP contribution >= 0.6 is 0 Å². The molecule has 0 amide bonds.